The second kappa shape index (κ2) is 6.34. The Bertz CT molecular complexity index is 358. The summed E-state index contributed by atoms with van der Waals surface area (Å²) in [6.45, 7) is 3.38. The van der Waals surface area contributed by atoms with Crippen LogP contribution in [0.25, 0.3) is 0 Å². The van der Waals surface area contributed by atoms with Crippen LogP contribution in [0.4, 0.5) is 0 Å². The fourth-order valence-corrected chi connectivity index (χ4v) is 3.66. The van der Waals surface area contributed by atoms with Crippen molar-refractivity contribution in [2.24, 2.45) is 5.92 Å². The van der Waals surface area contributed by atoms with Crippen molar-refractivity contribution >= 4 is 26.6 Å². The first-order valence-corrected chi connectivity index (χ1v) is 8.37. The molecule has 0 aliphatic rings. The number of rotatable bonds is 7. The second-order valence-electron chi connectivity index (χ2n) is 4.07. The molecule has 96 valence electrons. The van der Waals surface area contributed by atoms with Crippen LogP contribution in [0.5, 0.6) is 0 Å². The monoisotopic (exact) mass is 270 g/mol. The van der Waals surface area contributed by atoms with Gasteiger partial charge < -0.3 is 5.11 Å². The average molecular weight is 270 g/mol. The predicted molar refractivity (Wildman–Crippen MR) is 63.6 cm³/mol. The summed E-state index contributed by atoms with van der Waals surface area (Å²) in [6, 6.07) is 0. The Labute approximate surface area is 98.6 Å². The lowest BCUT2D eigenvalue weighted by Crippen LogP contribution is -2.32. The van der Waals surface area contributed by atoms with Crippen molar-refractivity contribution in [1.82, 2.24) is 0 Å². The van der Waals surface area contributed by atoms with Crippen LogP contribution in [-0.2, 0) is 25.4 Å². The lowest BCUT2D eigenvalue weighted by atomic mass is 10.1. The van der Waals surface area contributed by atoms with Gasteiger partial charge in [0.2, 0.25) is 0 Å². The van der Waals surface area contributed by atoms with E-state index in [1.807, 2.05) is 0 Å². The average Bonchev–Trinajstić information content (AvgIpc) is 1.99. The quantitative estimate of drug-likeness (QED) is 0.717. The highest BCUT2D eigenvalue weighted by molar-refractivity contribution is 7.90. The zero-order valence-electron chi connectivity index (χ0n) is 9.67. The number of hydrogen-bond acceptors (Lipinski definition) is 4. The van der Waals surface area contributed by atoms with E-state index in [1.165, 1.54) is 0 Å². The van der Waals surface area contributed by atoms with Crippen molar-refractivity contribution in [2.45, 2.75) is 25.5 Å². The fraction of sp³-hybridized carbons (Fsp3) is 0.889. The number of sulfone groups is 1. The lowest BCUT2D eigenvalue weighted by Gasteiger charge is -2.15. The Morgan fingerprint density at radius 1 is 1.38 bits per heavy atom. The topological polar surface area (TPSA) is 88.5 Å². The summed E-state index contributed by atoms with van der Waals surface area (Å²) >= 11 is 0. The summed E-state index contributed by atoms with van der Waals surface area (Å²) in [5.74, 6) is -1.25. The summed E-state index contributed by atoms with van der Waals surface area (Å²) in [7, 11) is -4.58. The van der Waals surface area contributed by atoms with Gasteiger partial charge in [0, 0.05) is 22.8 Å². The molecule has 0 aromatic carbocycles. The van der Waals surface area contributed by atoms with Crippen LogP contribution in [0.1, 0.15) is 20.3 Å². The highest BCUT2D eigenvalue weighted by atomic mass is 32.2. The van der Waals surface area contributed by atoms with Gasteiger partial charge in [0.15, 0.2) is 0 Å². The van der Waals surface area contributed by atoms with E-state index in [2.05, 4.69) is 0 Å². The summed E-state index contributed by atoms with van der Waals surface area (Å²) in [4.78, 5) is 10.8. The van der Waals surface area contributed by atoms with Crippen molar-refractivity contribution in [2.75, 3.05) is 17.8 Å². The molecule has 0 radical (unpaired) electrons. The van der Waals surface area contributed by atoms with E-state index in [1.54, 1.807) is 13.8 Å². The molecule has 16 heavy (non-hydrogen) atoms. The minimum absolute atomic E-state index is 0.0524. The highest BCUT2D eigenvalue weighted by Gasteiger charge is 2.27. The highest BCUT2D eigenvalue weighted by Crippen LogP contribution is 2.11. The van der Waals surface area contributed by atoms with Gasteiger partial charge in [0.05, 0.1) is 5.75 Å². The third-order valence-corrected chi connectivity index (χ3v) is 5.03. The number of carbonyl (C=O) groups is 1. The van der Waals surface area contributed by atoms with Crippen molar-refractivity contribution in [3.63, 3.8) is 0 Å². The van der Waals surface area contributed by atoms with E-state index in [4.69, 9.17) is 5.11 Å². The van der Waals surface area contributed by atoms with Gasteiger partial charge in [-0.2, -0.15) is 0 Å². The first kappa shape index (κ1) is 15.6. The van der Waals surface area contributed by atoms with Gasteiger partial charge in [-0.15, -0.1) is 0 Å². The van der Waals surface area contributed by atoms with Gasteiger partial charge >= 0.3 is 5.97 Å². The van der Waals surface area contributed by atoms with Crippen molar-refractivity contribution in [3.05, 3.63) is 0 Å². The third kappa shape index (κ3) is 6.22. The molecule has 1 N–H and O–H groups in total. The zero-order valence-corrected chi connectivity index (χ0v) is 11.3. The van der Waals surface area contributed by atoms with E-state index < -0.39 is 31.9 Å². The number of carboxylic acids is 1. The minimum Gasteiger partial charge on any atom is -0.480 e. The first-order chi connectivity index (χ1) is 7.15. The minimum atomic E-state index is -3.07. The van der Waals surface area contributed by atoms with Gasteiger partial charge in [-0.25, -0.2) is 8.42 Å². The van der Waals surface area contributed by atoms with Crippen molar-refractivity contribution in [1.29, 1.82) is 0 Å². The van der Waals surface area contributed by atoms with Crippen LogP contribution < -0.4 is 0 Å². The van der Waals surface area contributed by atoms with E-state index in [0.717, 1.165) is 6.26 Å². The molecule has 5 nitrogen and oxygen atoms in total. The first-order valence-electron chi connectivity index (χ1n) is 4.93. The summed E-state index contributed by atoms with van der Waals surface area (Å²) in [6.07, 6.45) is 1.34. The van der Waals surface area contributed by atoms with Gasteiger partial charge in [-0.1, -0.05) is 13.8 Å². The van der Waals surface area contributed by atoms with Crippen LogP contribution in [0.2, 0.25) is 0 Å². The molecule has 0 aliphatic heterocycles. The van der Waals surface area contributed by atoms with Crippen LogP contribution >= 0.6 is 0 Å². The third-order valence-electron chi connectivity index (χ3n) is 1.99. The fourth-order valence-electron chi connectivity index (χ4n) is 1.29. The smallest absolute Gasteiger partial charge is 0.319 e. The van der Waals surface area contributed by atoms with Gasteiger partial charge in [0.1, 0.15) is 15.1 Å². The molecule has 0 aliphatic carbocycles. The summed E-state index contributed by atoms with van der Waals surface area (Å²) in [5.41, 5.74) is 0. The van der Waals surface area contributed by atoms with Crippen molar-refractivity contribution < 1.29 is 22.5 Å². The summed E-state index contributed by atoms with van der Waals surface area (Å²) in [5, 5.41) is 7.94. The maximum atomic E-state index is 11.6. The van der Waals surface area contributed by atoms with Crippen LogP contribution in [-0.4, -0.2) is 46.7 Å². The van der Waals surface area contributed by atoms with E-state index in [9.17, 15) is 17.4 Å². The number of carboxylic acid groups (broad SMARTS) is 1. The molecule has 0 fully saturated rings. The molecule has 0 saturated heterocycles. The van der Waals surface area contributed by atoms with Gasteiger partial charge in [0.25, 0.3) is 0 Å². The van der Waals surface area contributed by atoms with E-state index in [-0.39, 0.29) is 23.8 Å². The molecule has 0 aromatic heterocycles. The molecule has 0 amide bonds. The molecule has 0 heterocycles. The molecule has 0 rings (SSSR count). The van der Waals surface area contributed by atoms with Crippen LogP contribution in [0.15, 0.2) is 0 Å². The molecule has 7 heteroatoms. The van der Waals surface area contributed by atoms with E-state index in [0.29, 0.717) is 0 Å². The molecule has 2 atom stereocenters. The zero-order chi connectivity index (χ0) is 12.9. The maximum Gasteiger partial charge on any atom is 0.319 e. The molecule has 2 unspecified atom stereocenters. The molecule has 0 spiro atoms. The molecule has 0 saturated carbocycles. The SMILES string of the molecule is CC(C)C(C(=O)O)S(=O)CCCS(C)(=O)=O. The number of aliphatic carboxylic acids is 1. The largest absolute Gasteiger partial charge is 0.480 e. The predicted octanol–water partition coefficient (Wildman–Crippen LogP) is 0.279. The van der Waals surface area contributed by atoms with Gasteiger partial charge in [-0.05, 0) is 12.3 Å². The van der Waals surface area contributed by atoms with E-state index >= 15 is 0 Å². The Morgan fingerprint density at radius 3 is 2.19 bits per heavy atom. The van der Waals surface area contributed by atoms with Gasteiger partial charge in [-0.3, -0.25) is 9.00 Å². The Morgan fingerprint density at radius 2 is 1.88 bits per heavy atom. The normalized spacial score (nSPS) is 16.0. The number of hydrogen-bond donors (Lipinski definition) is 1. The standard InChI is InChI=1S/C9H18O5S2/c1-7(2)8(9(10)11)15(12)5-4-6-16(3,13)14/h7-8H,4-6H2,1-3H3,(H,10,11). The lowest BCUT2D eigenvalue weighted by molar-refractivity contribution is -0.137. The molecular weight excluding hydrogens is 252 g/mol. The maximum absolute atomic E-state index is 11.6. The van der Waals surface area contributed by atoms with Crippen molar-refractivity contribution in [3.8, 4) is 0 Å². The van der Waals surface area contributed by atoms with Crippen LogP contribution in [0, 0.1) is 5.92 Å². The Balaban J connectivity index is 4.29. The summed E-state index contributed by atoms with van der Waals surface area (Å²) < 4.78 is 33.3. The van der Waals surface area contributed by atoms with Crippen LogP contribution in [0.3, 0.4) is 0 Å². The molecular formula is C9H18O5S2. The molecule has 0 aromatic rings. The molecule has 0 bridgehead atoms. The Hall–Kier alpha value is -0.430. The Kier molecular flexibility index (Phi) is 6.17. The second-order valence-corrected chi connectivity index (χ2v) is 8.01.